The molecule has 0 bridgehead atoms. The lowest BCUT2D eigenvalue weighted by Crippen LogP contribution is -2.43. The van der Waals surface area contributed by atoms with Crippen molar-refractivity contribution >= 4 is 22.3 Å². The van der Waals surface area contributed by atoms with E-state index in [1.165, 1.54) is 6.07 Å². The lowest BCUT2D eigenvalue weighted by Gasteiger charge is -2.34. The average Bonchev–Trinajstić information content (AvgIpc) is 2.59. The fourth-order valence-electron chi connectivity index (χ4n) is 3.23. The highest BCUT2D eigenvalue weighted by Gasteiger charge is 2.40. The molecule has 6 nitrogen and oxygen atoms in total. The molecule has 1 aromatic heterocycles. The second-order valence-corrected chi connectivity index (χ2v) is 6.74. The molecular formula is C19H19NO5. The molecule has 0 aliphatic carbocycles. The van der Waals surface area contributed by atoms with Gasteiger partial charge in [0.25, 0.3) is 0 Å². The first-order valence-electron chi connectivity index (χ1n) is 8.30. The van der Waals surface area contributed by atoms with Crippen molar-refractivity contribution in [2.45, 2.75) is 19.4 Å². The van der Waals surface area contributed by atoms with Crippen LogP contribution in [0, 0.1) is 0 Å². The largest absolute Gasteiger partial charge is 0.479 e. The summed E-state index contributed by atoms with van der Waals surface area (Å²) in [5, 5.41) is 0.752. The summed E-state index contributed by atoms with van der Waals surface area (Å²) >= 11 is 0. The molecule has 0 unspecified atom stereocenters. The predicted octanol–water partition coefficient (Wildman–Crippen LogP) is 2.21. The van der Waals surface area contributed by atoms with E-state index in [2.05, 4.69) is 4.90 Å². The number of ether oxygens (including phenoxy) is 2. The highest BCUT2D eigenvalue weighted by atomic mass is 16.5. The SMILES string of the molecule is CC1(C)Oc2ccc3ccc(=O)oc3c2C(=CN2CCOCC2)C1=O. The monoisotopic (exact) mass is 341 g/mol. The van der Waals surface area contributed by atoms with Crippen molar-refractivity contribution in [3.63, 3.8) is 0 Å². The van der Waals surface area contributed by atoms with Crippen molar-refractivity contribution in [1.82, 2.24) is 4.90 Å². The van der Waals surface area contributed by atoms with Crippen LogP contribution in [0.1, 0.15) is 19.4 Å². The van der Waals surface area contributed by atoms with E-state index in [1.54, 1.807) is 19.9 Å². The number of fused-ring (bicyclic) bond motifs is 3. The molecule has 3 heterocycles. The molecule has 0 radical (unpaired) electrons. The molecule has 6 heteroatoms. The minimum atomic E-state index is -0.978. The molecule has 4 rings (SSSR count). The molecule has 0 N–H and O–H groups in total. The first-order valence-corrected chi connectivity index (χ1v) is 8.30. The fraction of sp³-hybridized carbons (Fsp3) is 0.368. The van der Waals surface area contributed by atoms with Crippen LogP contribution in [0.3, 0.4) is 0 Å². The second kappa shape index (κ2) is 5.74. The van der Waals surface area contributed by atoms with Gasteiger partial charge in [0.1, 0.15) is 11.3 Å². The van der Waals surface area contributed by atoms with Crippen molar-refractivity contribution in [1.29, 1.82) is 0 Å². The van der Waals surface area contributed by atoms with Gasteiger partial charge in [-0.15, -0.1) is 0 Å². The van der Waals surface area contributed by atoms with Crippen LogP contribution >= 0.6 is 0 Å². The van der Waals surface area contributed by atoms with Crippen molar-refractivity contribution in [2.24, 2.45) is 0 Å². The summed E-state index contributed by atoms with van der Waals surface area (Å²) in [4.78, 5) is 26.8. The maximum atomic E-state index is 13.0. The van der Waals surface area contributed by atoms with Crippen LogP contribution in [0.25, 0.3) is 16.5 Å². The Morgan fingerprint density at radius 2 is 1.80 bits per heavy atom. The molecule has 25 heavy (non-hydrogen) atoms. The molecule has 1 fully saturated rings. The molecule has 1 saturated heterocycles. The van der Waals surface area contributed by atoms with Gasteiger partial charge in [-0.25, -0.2) is 4.79 Å². The van der Waals surface area contributed by atoms with E-state index in [0.717, 1.165) is 5.39 Å². The number of ketones is 1. The number of benzene rings is 1. The van der Waals surface area contributed by atoms with Gasteiger partial charge in [-0.3, -0.25) is 4.79 Å². The van der Waals surface area contributed by atoms with E-state index in [0.29, 0.717) is 48.8 Å². The number of nitrogens with zero attached hydrogens (tertiary/aromatic N) is 1. The van der Waals surface area contributed by atoms with Crippen LogP contribution in [0.5, 0.6) is 5.75 Å². The summed E-state index contributed by atoms with van der Waals surface area (Å²) in [6.07, 6.45) is 1.85. The molecular weight excluding hydrogens is 322 g/mol. The Bertz CT molecular complexity index is 934. The Morgan fingerprint density at radius 1 is 1.08 bits per heavy atom. The topological polar surface area (TPSA) is 69.0 Å². The van der Waals surface area contributed by atoms with Crippen LogP contribution in [-0.2, 0) is 9.53 Å². The van der Waals surface area contributed by atoms with Gasteiger partial charge in [0.15, 0.2) is 5.60 Å². The summed E-state index contributed by atoms with van der Waals surface area (Å²) < 4.78 is 16.7. The quantitative estimate of drug-likeness (QED) is 0.585. The standard InChI is InChI=1S/C19H19NO5/c1-19(2)18(22)13(11-20-7-9-23-10-8-20)16-14(25-19)5-3-12-4-6-15(21)24-17(12)16/h3-6,11H,7-10H2,1-2H3. The summed E-state index contributed by atoms with van der Waals surface area (Å²) in [6.45, 7) is 6.16. The maximum Gasteiger partial charge on any atom is 0.336 e. The molecule has 0 atom stereocenters. The summed E-state index contributed by atoms with van der Waals surface area (Å²) in [5.41, 5.74) is 0.00446. The molecule has 1 aromatic carbocycles. The van der Waals surface area contributed by atoms with Gasteiger partial charge in [-0.1, -0.05) is 0 Å². The van der Waals surface area contributed by atoms with Crippen molar-refractivity contribution in [3.8, 4) is 5.75 Å². The van der Waals surface area contributed by atoms with Crippen molar-refractivity contribution < 1.29 is 18.7 Å². The third-order valence-corrected chi connectivity index (χ3v) is 4.53. The Hall–Kier alpha value is -2.60. The third kappa shape index (κ3) is 2.72. The average molecular weight is 341 g/mol. The van der Waals surface area contributed by atoms with E-state index in [-0.39, 0.29) is 5.78 Å². The van der Waals surface area contributed by atoms with Gasteiger partial charge in [-0.2, -0.15) is 0 Å². The van der Waals surface area contributed by atoms with Crippen LogP contribution in [0.4, 0.5) is 0 Å². The number of hydrogen-bond acceptors (Lipinski definition) is 6. The van der Waals surface area contributed by atoms with Gasteiger partial charge < -0.3 is 18.8 Å². The van der Waals surface area contributed by atoms with Gasteiger partial charge >= 0.3 is 5.63 Å². The lowest BCUT2D eigenvalue weighted by molar-refractivity contribution is -0.126. The van der Waals surface area contributed by atoms with E-state index in [1.807, 2.05) is 18.3 Å². The second-order valence-electron chi connectivity index (χ2n) is 6.74. The zero-order valence-corrected chi connectivity index (χ0v) is 14.2. The number of Topliss-reactive ketones (excluding diaryl/α,β-unsaturated/α-hetero) is 1. The molecule has 2 aliphatic heterocycles. The number of rotatable bonds is 1. The summed E-state index contributed by atoms with van der Waals surface area (Å²) in [7, 11) is 0. The molecule has 2 aliphatic rings. The lowest BCUT2D eigenvalue weighted by atomic mass is 9.87. The zero-order chi connectivity index (χ0) is 17.6. The number of hydrogen-bond donors (Lipinski definition) is 0. The van der Waals surface area contributed by atoms with Crippen molar-refractivity contribution in [2.75, 3.05) is 26.3 Å². The van der Waals surface area contributed by atoms with E-state index >= 15 is 0 Å². The molecule has 130 valence electrons. The molecule has 0 saturated carbocycles. The summed E-state index contributed by atoms with van der Waals surface area (Å²) in [6, 6.07) is 6.71. The van der Waals surface area contributed by atoms with Gasteiger partial charge in [-0.05, 0) is 32.0 Å². The zero-order valence-electron chi connectivity index (χ0n) is 14.2. The highest BCUT2D eigenvalue weighted by Crippen LogP contribution is 2.41. The Labute approximate surface area is 144 Å². The molecule has 2 aromatic rings. The van der Waals surface area contributed by atoms with Gasteiger partial charge in [0.2, 0.25) is 5.78 Å². The Morgan fingerprint density at radius 3 is 2.56 bits per heavy atom. The van der Waals surface area contributed by atoms with Crippen molar-refractivity contribution in [3.05, 3.63) is 46.4 Å². The van der Waals surface area contributed by atoms with Crippen LogP contribution in [-0.4, -0.2) is 42.6 Å². The number of carbonyl (C=O) groups is 1. The van der Waals surface area contributed by atoms with Gasteiger partial charge in [0.05, 0.1) is 24.4 Å². The highest BCUT2D eigenvalue weighted by molar-refractivity contribution is 6.28. The van der Waals surface area contributed by atoms with E-state index < -0.39 is 11.2 Å². The van der Waals surface area contributed by atoms with Crippen LogP contribution in [0.2, 0.25) is 0 Å². The fourth-order valence-corrected chi connectivity index (χ4v) is 3.23. The van der Waals surface area contributed by atoms with Crippen LogP contribution in [0.15, 0.2) is 39.7 Å². The third-order valence-electron chi connectivity index (χ3n) is 4.53. The van der Waals surface area contributed by atoms with Gasteiger partial charge in [0, 0.05) is 30.7 Å². The van der Waals surface area contributed by atoms with E-state index in [9.17, 15) is 9.59 Å². The number of carbonyl (C=O) groups excluding carboxylic acids is 1. The predicted molar refractivity (Wildman–Crippen MR) is 92.6 cm³/mol. The number of morpholine rings is 1. The Kier molecular flexibility index (Phi) is 3.65. The maximum absolute atomic E-state index is 13.0. The minimum Gasteiger partial charge on any atom is -0.479 e. The first kappa shape index (κ1) is 15.9. The van der Waals surface area contributed by atoms with Crippen LogP contribution < -0.4 is 10.4 Å². The van der Waals surface area contributed by atoms with E-state index in [4.69, 9.17) is 13.9 Å². The molecule has 0 spiro atoms. The molecule has 0 amide bonds. The Balaban J connectivity index is 1.96. The minimum absolute atomic E-state index is 0.134. The normalized spacial score (nSPS) is 21.3. The first-order chi connectivity index (χ1) is 12.0. The summed E-state index contributed by atoms with van der Waals surface area (Å²) in [5.74, 6) is 0.413. The smallest absolute Gasteiger partial charge is 0.336 e.